The Bertz CT molecular complexity index is 1320. The van der Waals surface area contributed by atoms with Crippen molar-refractivity contribution >= 4 is 33.6 Å². The van der Waals surface area contributed by atoms with E-state index in [1.807, 2.05) is 0 Å². The van der Waals surface area contributed by atoms with Crippen LogP contribution in [0.15, 0.2) is 22.9 Å². The van der Waals surface area contributed by atoms with Crippen LogP contribution in [-0.4, -0.2) is 46.0 Å². The van der Waals surface area contributed by atoms with E-state index < -0.39 is 4.92 Å². The highest BCUT2D eigenvalue weighted by molar-refractivity contribution is 7.14. The lowest BCUT2D eigenvalue weighted by molar-refractivity contribution is -0.381. The number of benzene rings is 1. The van der Waals surface area contributed by atoms with Crippen molar-refractivity contribution in [1.29, 1.82) is 0 Å². The molecule has 0 aliphatic carbocycles. The maximum Gasteiger partial charge on any atom is 0.366 e. The standard InChI is InChI=1S/C28H35N3O5S2/c1-27(2,3)19-12-17(13-20(22(19)32)28(4,5)6)21-15-37-24(29-21)16-8-10-30(11-9-16)25(33)18-14-38-26(31(34)35)23(18)36-7/h12-16,32H,8-11H2,1-7H3. The van der Waals surface area contributed by atoms with Gasteiger partial charge in [0, 0.05) is 46.5 Å². The number of carbonyl (C=O) groups is 1. The molecule has 4 rings (SSSR count). The Morgan fingerprint density at radius 2 is 1.66 bits per heavy atom. The van der Waals surface area contributed by atoms with Crippen LogP contribution in [0.25, 0.3) is 11.3 Å². The van der Waals surface area contributed by atoms with Crippen molar-refractivity contribution in [3.8, 4) is 22.8 Å². The summed E-state index contributed by atoms with van der Waals surface area (Å²) in [4.78, 5) is 30.6. The number of likely N-dealkylation sites (tertiary alicyclic amines) is 1. The number of piperidine rings is 1. The fraction of sp³-hybridized carbons (Fsp3) is 0.500. The number of hydrogen-bond donors (Lipinski definition) is 1. The molecule has 1 aromatic carbocycles. The number of rotatable bonds is 5. The minimum atomic E-state index is -0.518. The molecule has 8 nitrogen and oxygen atoms in total. The molecule has 3 aromatic rings. The van der Waals surface area contributed by atoms with E-state index in [9.17, 15) is 20.0 Å². The molecular weight excluding hydrogens is 522 g/mol. The van der Waals surface area contributed by atoms with E-state index in [0.29, 0.717) is 18.8 Å². The topological polar surface area (TPSA) is 106 Å². The largest absolute Gasteiger partial charge is 0.507 e. The highest BCUT2D eigenvalue weighted by atomic mass is 32.1. The third kappa shape index (κ3) is 5.42. The lowest BCUT2D eigenvalue weighted by atomic mass is 9.78. The van der Waals surface area contributed by atoms with Gasteiger partial charge in [0.1, 0.15) is 5.75 Å². The minimum absolute atomic E-state index is 0.0369. The van der Waals surface area contributed by atoms with Gasteiger partial charge < -0.3 is 14.7 Å². The molecule has 204 valence electrons. The Morgan fingerprint density at radius 1 is 1.08 bits per heavy atom. The van der Waals surface area contributed by atoms with Crippen LogP contribution in [0.1, 0.15) is 86.8 Å². The van der Waals surface area contributed by atoms with Gasteiger partial charge in [0.05, 0.1) is 28.3 Å². The summed E-state index contributed by atoms with van der Waals surface area (Å²) in [6.07, 6.45) is 1.53. The molecule has 0 spiro atoms. The van der Waals surface area contributed by atoms with E-state index in [-0.39, 0.29) is 39.0 Å². The molecule has 1 saturated heterocycles. The summed E-state index contributed by atoms with van der Waals surface area (Å²) < 4.78 is 5.19. The molecule has 10 heteroatoms. The first kappa shape index (κ1) is 28.0. The maximum atomic E-state index is 13.1. The van der Waals surface area contributed by atoms with Crippen molar-refractivity contribution in [3.05, 3.63) is 54.7 Å². The Kier molecular flexibility index (Phi) is 7.60. The quantitative estimate of drug-likeness (QED) is 0.265. The molecule has 38 heavy (non-hydrogen) atoms. The molecule has 0 bridgehead atoms. The van der Waals surface area contributed by atoms with Crippen molar-refractivity contribution in [2.75, 3.05) is 20.2 Å². The summed E-state index contributed by atoms with van der Waals surface area (Å²) >= 11 is 2.54. The summed E-state index contributed by atoms with van der Waals surface area (Å²) in [6, 6.07) is 4.11. The van der Waals surface area contributed by atoms with E-state index in [1.54, 1.807) is 16.2 Å². The van der Waals surface area contributed by atoms with E-state index in [4.69, 9.17) is 9.72 Å². The number of methoxy groups -OCH3 is 1. The van der Waals surface area contributed by atoms with Gasteiger partial charge in [-0.05, 0) is 35.8 Å². The van der Waals surface area contributed by atoms with Crippen molar-refractivity contribution in [2.24, 2.45) is 0 Å². The average molecular weight is 558 g/mol. The molecule has 1 aliphatic heterocycles. The van der Waals surface area contributed by atoms with Gasteiger partial charge in [-0.25, -0.2) is 4.98 Å². The number of aromatic hydroxyl groups is 1. The lowest BCUT2D eigenvalue weighted by Crippen LogP contribution is -2.37. The fourth-order valence-electron chi connectivity index (χ4n) is 4.84. The van der Waals surface area contributed by atoms with E-state index in [1.165, 1.54) is 12.5 Å². The Hall–Kier alpha value is -2.98. The van der Waals surface area contributed by atoms with Crippen LogP contribution in [-0.2, 0) is 10.8 Å². The summed E-state index contributed by atoms with van der Waals surface area (Å²) in [5, 5.41) is 26.8. The average Bonchev–Trinajstić information content (AvgIpc) is 3.50. The van der Waals surface area contributed by atoms with Gasteiger partial charge in [-0.2, -0.15) is 0 Å². The third-order valence-corrected chi connectivity index (χ3v) is 8.92. The van der Waals surface area contributed by atoms with Crippen LogP contribution in [0.4, 0.5) is 5.00 Å². The summed E-state index contributed by atoms with van der Waals surface area (Å²) in [7, 11) is 1.35. The highest BCUT2D eigenvalue weighted by Crippen LogP contribution is 2.43. The number of aromatic nitrogens is 1. The fourth-order valence-corrected chi connectivity index (χ4v) is 6.67. The van der Waals surface area contributed by atoms with E-state index in [0.717, 1.165) is 51.6 Å². The Morgan fingerprint density at radius 3 is 2.16 bits per heavy atom. The van der Waals surface area contributed by atoms with Crippen LogP contribution in [0.5, 0.6) is 11.5 Å². The highest BCUT2D eigenvalue weighted by Gasteiger charge is 2.32. The van der Waals surface area contributed by atoms with Crippen LogP contribution in [0.2, 0.25) is 0 Å². The zero-order valence-electron chi connectivity index (χ0n) is 23.0. The number of thiophene rings is 1. The van der Waals surface area contributed by atoms with Gasteiger partial charge in [0.2, 0.25) is 5.75 Å². The molecule has 1 aliphatic rings. The second-order valence-electron chi connectivity index (χ2n) is 11.8. The van der Waals surface area contributed by atoms with Crippen LogP contribution >= 0.6 is 22.7 Å². The van der Waals surface area contributed by atoms with Gasteiger partial charge in [0.25, 0.3) is 5.91 Å². The number of carbonyl (C=O) groups excluding carboxylic acids is 1. The van der Waals surface area contributed by atoms with Gasteiger partial charge in [-0.15, -0.1) is 11.3 Å². The normalized spacial score (nSPS) is 15.1. The van der Waals surface area contributed by atoms with Crippen molar-refractivity contribution in [2.45, 2.75) is 71.1 Å². The smallest absolute Gasteiger partial charge is 0.366 e. The van der Waals surface area contributed by atoms with Gasteiger partial charge in [-0.3, -0.25) is 14.9 Å². The van der Waals surface area contributed by atoms with Crippen molar-refractivity contribution in [1.82, 2.24) is 9.88 Å². The van der Waals surface area contributed by atoms with E-state index in [2.05, 4.69) is 59.1 Å². The first-order valence-electron chi connectivity index (χ1n) is 12.6. The molecule has 1 amide bonds. The van der Waals surface area contributed by atoms with Gasteiger partial charge in [-0.1, -0.05) is 52.9 Å². The van der Waals surface area contributed by atoms with Crippen molar-refractivity contribution < 1.29 is 19.6 Å². The predicted molar refractivity (Wildman–Crippen MR) is 152 cm³/mol. The SMILES string of the molecule is COc1c(C(=O)N2CCC(c3nc(-c4cc(C(C)(C)C)c(O)c(C(C)(C)C)c4)cs3)CC2)csc1[N+](=O)[O-]. The molecule has 0 atom stereocenters. The first-order valence-corrected chi connectivity index (χ1v) is 14.4. The number of nitro groups is 1. The number of hydrogen-bond acceptors (Lipinski definition) is 8. The molecule has 2 aromatic heterocycles. The number of nitrogens with zero attached hydrogens (tertiary/aromatic N) is 3. The van der Waals surface area contributed by atoms with Crippen LogP contribution in [0.3, 0.4) is 0 Å². The molecular formula is C28H35N3O5S2. The Balaban J connectivity index is 1.53. The third-order valence-electron chi connectivity index (χ3n) is 7.00. The second-order valence-corrected chi connectivity index (χ2v) is 13.6. The first-order chi connectivity index (χ1) is 17.7. The zero-order chi connectivity index (χ0) is 28.0. The van der Waals surface area contributed by atoms with Crippen LogP contribution in [0, 0.1) is 10.1 Å². The minimum Gasteiger partial charge on any atom is -0.507 e. The maximum absolute atomic E-state index is 13.1. The van der Waals surface area contributed by atoms with E-state index >= 15 is 0 Å². The van der Waals surface area contributed by atoms with Gasteiger partial charge >= 0.3 is 5.00 Å². The number of phenolic OH excluding ortho intramolecular Hbond substituents is 1. The van der Waals surface area contributed by atoms with Crippen LogP contribution < -0.4 is 4.74 Å². The molecule has 1 fully saturated rings. The molecule has 0 unspecified atom stereocenters. The van der Waals surface area contributed by atoms with Crippen molar-refractivity contribution in [3.63, 3.8) is 0 Å². The number of thiazole rings is 1. The summed E-state index contributed by atoms with van der Waals surface area (Å²) in [5.41, 5.74) is 3.52. The number of amides is 1. The predicted octanol–water partition coefficient (Wildman–Crippen LogP) is 7.11. The zero-order valence-corrected chi connectivity index (χ0v) is 24.6. The summed E-state index contributed by atoms with van der Waals surface area (Å²) in [6.45, 7) is 13.7. The number of ether oxygens (including phenoxy) is 1. The molecule has 0 radical (unpaired) electrons. The molecule has 0 saturated carbocycles. The molecule has 1 N–H and O–H groups in total. The second kappa shape index (κ2) is 10.3. The molecule has 3 heterocycles. The van der Waals surface area contributed by atoms with Gasteiger partial charge in [0.15, 0.2) is 0 Å². The number of phenols is 1. The Labute approximate surface area is 231 Å². The summed E-state index contributed by atoms with van der Waals surface area (Å²) in [5.74, 6) is 0.388. The lowest BCUT2D eigenvalue weighted by Gasteiger charge is -2.31. The monoisotopic (exact) mass is 557 g/mol.